The lowest BCUT2D eigenvalue weighted by Gasteiger charge is -2.21. The molecular weight excluding hydrogens is 334 g/mol. The molecule has 0 aromatic rings. The topological polar surface area (TPSA) is 96.0 Å². The third kappa shape index (κ3) is 7.02. The van der Waals surface area contributed by atoms with Crippen LogP contribution >= 0.6 is 0 Å². The van der Waals surface area contributed by atoms with Crippen molar-refractivity contribution in [1.29, 1.82) is 0 Å². The van der Waals surface area contributed by atoms with E-state index in [0.717, 1.165) is 6.26 Å². The van der Waals surface area contributed by atoms with Crippen molar-refractivity contribution in [2.75, 3.05) is 45.6 Å². The minimum atomic E-state index is -3.30. The highest BCUT2D eigenvalue weighted by atomic mass is 32.2. The highest BCUT2D eigenvalue weighted by Gasteiger charge is 2.18. The highest BCUT2D eigenvalue weighted by Crippen LogP contribution is 2.02. The van der Waals surface area contributed by atoms with E-state index in [1.807, 2.05) is 0 Å². The quantitative estimate of drug-likeness (QED) is 0.318. The summed E-state index contributed by atoms with van der Waals surface area (Å²) in [6.07, 6.45) is 1.65. The SMILES string of the molecule is C=C(C)C(=O)OCCNC(=O)N1CC#CCN(S(C)(=O)=O)CCC1. The molecule has 9 heteroatoms. The van der Waals surface area contributed by atoms with Crippen LogP contribution < -0.4 is 5.32 Å². The smallest absolute Gasteiger partial charge is 0.333 e. The molecule has 0 aromatic carbocycles. The first-order chi connectivity index (χ1) is 11.2. The van der Waals surface area contributed by atoms with E-state index >= 15 is 0 Å². The Morgan fingerprint density at radius 1 is 1.25 bits per heavy atom. The predicted octanol–water partition coefficient (Wildman–Crippen LogP) is -0.214. The summed E-state index contributed by atoms with van der Waals surface area (Å²) in [7, 11) is -3.30. The van der Waals surface area contributed by atoms with E-state index in [1.54, 1.807) is 6.92 Å². The molecule has 0 atom stereocenters. The summed E-state index contributed by atoms with van der Waals surface area (Å²) >= 11 is 0. The van der Waals surface area contributed by atoms with Crippen molar-refractivity contribution in [2.45, 2.75) is 13.3 Å². The summed E-state index contributed by atoms with van der Waals surface area (Å²) in [6.45, 7) is 6.29. The van der Waals surface area contributed by atoms with Crippen molar-refractivity contribution in [3.05, 3.63) is 12.2 Å². The van der Waals surface area contributed by atoms with Crippen LogP contribution in [0.4, 0.5) is 4.79 Å². The zero-order chi connectivity index (χ0) is 18.2. The molecule has 0 saturated carbocycles. The number of carbonyl (C=O) groups excluding carboxylic acids is 2. The number of nitrogens with one attached hydrogen (secondary N) is 1. The zero-order valence-corrected chi connectivity index (χ0v) is 14.8. The maximum Gasteiger partial charge on any atom is 0.333 e. The Kier molecular flexibility index (Phi) is 7.74. The number of ether oxygens (including phenoxy) is 1. The van der Waals surface area contributed by atoms with Gasteiger partial charge in [-0.15, -0.1) is 0 Å². The number of nitrogens with zero attached hydrogens (tertiary/aromatic N) is 2. The van der Waals surface area contributed by atoms with Crippen molar-refractivity contribution in [1.82, 2.24) is 14.5 Å². The van der Waals surface area contributed by atoms with Crippen molar-refractivity contribution in [3.8, 4) is 11.8 Å². The van der Waals surface area contributed by atoms with E-state index in [4.69, 9.17) is 4.74 Å². The minimum Gasteiger partial charge on any atom is -0.460 e. The van der Waals surface area contributed by atoms with Gasteiger partial charge in [-0.2, -0.15) is 4.31 Å². The van der Waals surface area contributed by atoms with E-state index in [9.17, 15) is 18.0 Å². The summed E-state index contributed by atoms with van der Waals surface area (Å²) in [5, 5.41) is 2.64. The molecule has 24 heavy (non-hydrogen) atoms. The fourth-order valence-electron chi connectivity index (χ4n) is 1.88. The molecule has 0 radical (unpaired) electrons. The van der Waals surface area contributed by atoms with Gasteiger partial charge in [-0.3, -0.25) is 0 Å². The summed E-state index contributed by atoms with van der Waals surface area (Å²) in [5.41, 5.74) is 0.298. The van der Waals surface area contributed by atoms with Gasteiger partial charge in [-0.1, -0.05) is 18.4 Å². The predicted molar refractivity (Wildman–Crippen MR) is 89.6 cm³/mol. The number of esters is 1. The Morgan fingerprint density at radius 2 is 1.92 bits per heavy atom. The van der Waals surface area contributed by atoms with E-state index in [-0.39, 0.29) is 32.3 Å². The third-order valence-electron chi connectivity index (χ3n) is 3.20. The molecule has 0 unspecified atom stereocenters. The standard InChI is InChI=1S/C15H23N3O5S/c1-13(2)14(19)23-12-7-16-15(20)17-8-4-5-10-18(11-6-9-17)24(3,21)22/h1,6-12H2,2-3H3,(H,16,20). The average molecular weight is 357 g/mol. The second kappa shape index (κ2) is 9.30. The molecule has 1 rings (SSSR count). The van der Waals surface area contributed by atoms with E-state index in [0.29, 0.717) is 25.1 Å². The van der Waals surface area contributed by atoms with Gasteiger partial charge in [0.15, 0.2) is 0 Å². The largest absolute Gasteiger partial charge is 0.460 e. The number of carbonyl (C=O) groups is 2. The van der Waals surface area contributed by atoms with Crippen LogP contribution in [0.25, 0.3) is 0 Å². The van der Waals surface area contributed by atoms with Gasteiger partial charge in [0.05, 0.1) is 25.9 Å². The molecule has 1 heterocycles. The van der Waals surface area contributed by atoms with Gasteiger partial charge in [0.2, 0.25) is 10.0 Å². The van der Waals surface area contributed by atoms with Crippen molar-refractivity contribution in [3.63, 3.8) is 0 Å². The Bertz CT molecular complexity index is 648. The highest BCUT2D eigenvalue weighted by molar-refractivity contribution is 7.88. The Morgan fingerprint density at radius 3 is 2.54 bits per heavy atom. The van der Waals surface area contributed by atoms with Gasteiger partial charge in [-0.25, -0.2) is 18.0 Å². The van der Waals surface area contributed by atoms with Gasteiger partial charge in [-0.05, 0) is 13.3 Å². The molecule has 1 aliphatic rings. The van der Waals surface area contributed by atoms with Gasteiger partial charge >= 0.3 is 12.0 Å². The van der Waals surface area contributed by atoms with E-state index in [1.165, 1.54) is 9.21 Å². The monoisotopic (exact) mass is 357 g/mol. The van der Waals surface area contributed by atoms with Crippen LogP contribution in [0.2, 0.25) is 0 Å². The van der Waals surface area contributed by atoms with E-state index in [2.05, 4.69) is 23.7 Å². The Labute approximate surface area is 142 Å². The van der Waals surface area contributed by atoms with Crippen molar-refractivity contribution in [2.24, 2.45) is 0 Å². The summed E-state index contributed by atoms with van der Waals surface area (Å²) < 4.78 is 29.3. The Balaban J connectivity index is 2.44. The molecule has 0 fully saturated rings. The van der Waals surface area contributed by atoms with Gasteiger partial charge < -0.3 is 15.0 Å². The first-order valence-corrected chi connectivity index (χ1v) is 9.33. The fourth-order valence-corrected chi connectivity index (χ4v) is 2.64. The molecule has 0 aliphatic carbocycles. The number of hydrogen-bond acceptors (Lipinski definition) is 5. The Hall–Kier alpha value is -2.05. The molecule has 1 aliphatic heterocycles. The van der Waals surface area contributed by atoms with Crippen molar-refractivity contribution < 1.29 is 22.7 Å². The molecule has 2 amide bonds. The number of urea groups is 1. The lowest BCUT2D eigenvalue weighted by Crippen LogP contribution is -2.42. The maximum atomic E-state index is 12.1. The average Bonchev–Trinajstić information content (AvgIpc) is 2.62. The second-order valence-corrected chi connectivity index (χ2v) is 7.36. The lowest BCUT2D eigenvalue weighted by atomic mass is 10.4. The molecule has 0 aromatic heterocycles. The van der Waals surface area contributed by atoms with Crippen LogP contribution in [-0.2, 0) is 19.6 Å². The van der Waals surface area contributed by atoms with Crippen molar-refractivity contribution >= 4 is 22.0 Å². The molecule has 1 N–H and O–H groups in total. The summed E-state index contributed by atoms with van der Waals surface area (Å²) in [4.78, 5) is 24.8. The van der Waals surface area contributed by atoms with Crippen LogP contribution in [0.1, 0.15) is 13.3 Å². The molecule has 134 valence electrons. The minimum absolute atomic E-state index is 0.0544. The van der Waals surface area contributed by atoms with Crippen LogP contribution in [0.5, 0.6) is 0 Å². The maximum absolute atomic E-state index is 12.1. The summed E-state index contributed by atoms with van der Waals surface area (Å²) in [6, 6.07) is -0.330. The van der Waals surface area contributed by atoms with Crippen LogP contribution in [0, 0.1) is 11.8 Å². The molecule has 0 saturated heterocycles. The van der Waals surface area contributed by atoms with E-state index < -0.39 is 16.0 Å². The lowest BCUT2D eigenvalue weighted by molar-refractivity contribution is -0.138. The van der Waals surface area contributed by atoms with Crippen LogP contribution in [0.15, 0.2) is 12.2 Å². The number of rotatable bonds is 5. The van der Waals surface area contributed by atoms with Gasteiger partial charge in [0.25, 0.3) is 0 Å². The number of hydrogen-bond donors (Lipinski definition) is 1. The summed E-state index contributed by atoms with van der Waals surface area (Å²) in [5.74, 6) is 5.05. The first kappa shape index (κ1) is 20.0. The number of sulfonamides is 1. The zero-order valence-electron chi connectivity index (χ0n) is 14.0. The molecule has 0 spiro atoms. The first-order valence-electron chi connectivity index (χ1n) is 7.48. The normalized spacial score (nSPS) is 16.0. The second-order valence-electron chi connectivity index (χ2n) is 5.37. The third-order valence-corrected chi connectivity index (χ3v) is 4.45. The molecule has 8 nitrogen and oxygen atoms in total. The number of amides is 2. The van der Waals surface area contributed by atoms with Gasteiger partial charge in [0.1, 0.15) is 6.61 Å². The fraction of sp³-hybridized carbons (Fsp3) is 0.600. The molecular formula is C15H23N3O5S. The van der Waals surface area contributed by atoms with Crippen LogP contribution in [-0.4, -0.2) is 75.2 Å². The van der Waals surface area contributed by atoms with Crippen LogP contribution in [0.3, 0.4) is 0 Å². The molecule has 0 bridgehead atoms. The van der Waals surface area contributed by atoms with Gasteiger partial charge in [0, 0.05) is 18.7 Å².